The maximum absolute atomic E-state index is 11.7. The molecule has 0 heterocycles. The van der Waals surface area contributed by atoms with Crippen LogP contribution >= 0.6 is 0 Å². The molecule has 0 aliphatic carbocycles. The first-order chi connectivity index (χ1) is 7.79. The van der Waals surface area contributed by atoms with Gasteiger partial charge in [-0.25, -0.2) is 4.79 Å². The Morgan fingerprint density at radius 3 is 2.44 bits per heavy atom. The Morgan fingerprint density at radius 2 is 1.88 bits per heavy atom. The first-order valence-corrected chi connectivity index (χ1v) is 5.33. The fourth-order valence-electron chi connectivity index (χ4n) is 1.23. The molecule has 0 saturated heterocycles. The van der Waals surface area contributed by atoms with Gasteiger partial charge >= 0.3 is 5.97 Å². The molecule has 0 unspecified atom stereocenters. The second kappa shape index (κ2) is 6.67. The quantitative estimate of drug-likeness (QED) is 0.434. The summed E-state index contributed by atoms with van der Waals surface area (Å²) in [5.74, 6) is -0.359. The largest absolute Gasteiger partial charge is 0.501 e. The number of esters is 1. The Bertz CT molecular complexity index is 355. The lowest BCUT2D eigenvalue weighted by molar-refractivity contribution is -0.136. The summed E-state index contributed by atoms with van der Waals surface area (Å²) in [7, 11) is 0. The molecule has 3 heteroatoms. The lowest BCUT2D eigenvalue weighted by Crippen LogP contribution is -2.07. The lowest BCUT2D eigenvalue weighted by atomic mass is 10.1. The van der Waals surface area contributed by atoms with Gasteiger partial charge in [-0.3, -0.25) is 0 Å². The summed E-state index contributed by atoms with van der Waals surface area (Å²) in [6.45, 7) is 4.52. The van der Waals surface area contributed by atoms with Gasteiger partial charge in [0.2, 0.25) is 0 Å². The predicted octanol–water partition coefficient (Wildman–Crippen LogP) is 2.63. The van der Waals surface area contributed by atoms with Crippen LogP contribution in [0.2, 0.25) is 0 Å². The van der Waals surface area contributed by atoms with Crippen molar-refractivity contribution in [2.75, 3.05) is 13.2 Å². The van der Waals surface area contributed by atoms with Gasteiger partial charge in [-0.05, 0) is 19.4 Å². The third-order valence-corrected chi connectivity index (χ3v) is 1.95. The van der Waals surface area contributed by atoms with E-state index in [9.17, 15) is 4.79 Å². The van der Waals surface area contributed by atoms with Gasteiger partial charge in [0.25, 0.3) is 0 Å². The van der Waals surface area contributed by atoms with Crippen LogP contribution in [-0.2, 0) is 14.3 Å². The van der Waals surface area contributed by atoms with Crippen LogP contribution in [0.1, 0.15) is 19.4 Å². The highest BCUT2D eigenvalue weighted by Crippen LogP contribution is 2.15. The second-order valence-electron chi connectivity index (χ2n) is 3.07. The molecular weight excluding hydrogens is 204 g/mol. The summed E-state index contributed by atoms with van der Waals surface area (Å²) >= 11 is 0. The number of hydrogen-bond acceptors (Lipinski definition) is 3. The number of carbonyl (C=O) groups excluding carboxylic acids is 1. The first kappa shape index (κ1) is 12.3. The summed E-state index contributed by atoms with van der Waals surface area (Å²) < 4.78 is 10.1. The van der Waals surface area contributed by atoms with Crippen molar-refractivity contribution in [3.8, 4) is 0 Å². The number of ether oxygens (including phenoxy) is 2. The van der Waals surface area contributed by atoms with E-state index in [1.165, 1.54) is 6.26 Å². The molecule has 0 atom stereocenters. The maximum Gasteiger partial charge on any atom is 0.341 e. The summed E-state index contributed by atoms with van der Waals surface area (Å²) in [5.41, 5.74) is 1.25. The minimum atomic E-state index is -0.359. The van der Waals surface area contributed by atoms with Crippen molar-refractivity contribution in [3.63, 3.8) is 0 Å². The molecule has 0 spiro atoms. The van der Waals surface area contributed by atoms with E-state index in [-0.39, 0.29) is 5.97 Å². The average Bonchev–Trinajstić information content (AvgIpc) is 2.31. The van der Waals surface area contributed by atoms with Crippen molar-refractivity contribution in [2.45, 2.75) is 13.8 Å². The molecule has 86 valence electrons. The zero-order valence-electron chi connectivity index (χ0n) is 9.60. The monoisotopic (exact) mass is 220 g/mol. The SMILES string of the molecule is CCOC=C(C(=O)OCC)c1ccccc1. The van der Waals surface area contributed by atoms with E-state index in [1.807, 2.05) is 37.3 Å². The molecule has 1 aromatic rings. The molecule has 1 aromatic carbocycles. The van der Waals surface area contributed by atoms with Crippen molar-refractivity contribution in [1.82, 2.24) is 0 Å². The fourth-order valence-corrected chi connectivity index (χ4v) is 1.23. The van der Waals surface area contributed by atoms with Gasteiger partial charge in [-0.15, -0.1) is 0 Å². The third kappa shape index (κ3) is 3.42. The summed E-state index contributed by atoms with van der Waals surface area (Å²) in [4.78, 5) is 11.7. The van der Waals surface area contributed by atoms with E-state index in [4.69, 9.17) is 9.47 Å². The number of benzene rings is 1. The molecule has 0 saturated carbocycles. The standard InChI is InChI=1S/C13H16O3/c1-3-15-10-12(13(14)16-4-2)11-8-6-5-7-9-11/h5-10H,3-4H2,1-2H3. The Hall–Kier alpha value is -1.77. The topological polar surface area (TPSA) is 35.5 Å². The van der Waals surface area contributed by atoms with Gasteiger partial charge in [0, 0.05) is 0 Å². The molecule has 0 aliphatic heterocycles. The number of rotatable bonds is 5. The Morgan fingerprint density at radius 1 is 1.19 bits per heavy atom. The molecule has 0 fully saturated rings. The normalized spacial score (nSPS) is 11.0. The molecule has 16 heavy (non-hydrogen) atoms. The lowest BCUT2D eigenvalue weighted by Gasteiger charge is -2.07. The van der Waals surface area contributed by atoms with Crippen molar-refractivity contribution in [2.24, 2.45) is 0 Å². The van der Waals surface area contributed by atoms with Crippen molar-refractivity contribution in [1.29, 1.82) is 0 Å². The van der Waals surface area contributed by atoms with Crippen LogP contribution < -0.4 is 0 Å². The second-order valence-corrected chi connectivity index (χ2v) is 3.07. The molecule has 0 radical (unpaired) electrons. The first-order valence-electron chi connectivity index (χ1n) is 5.33. The Balaban J connectivity index is 2.92. The van der Waals surface area contributed by atoms with Crippen molar-refractivity contribution < 1.29 is 14.3 Å². The smallest absolute Gasteiger partial charge is 0.341 e. The van der Waals surface area contributed by atoms with Crippen molar-refractivity contribution in [3.05, 3.63) is 42.2 Å². The Labute approximate surface area is 95.7 Å². The molecule has 3 nitrogen and oxygen atoms in total. The highest BCUT2D eigenvalue weighted by molar-refractivity contribution is 6.16. The van der Waals surface area contributed by atoms with Crippen LogP contribution in [0.3, 0.4) is 0 Å². The molecule has 0 aliphatic rings. The maximum atomic E-state index is 11.7. The van der Waals surface area contributed by atoms with Crippen LogP contribution in [0.25, 0.3) is 5.57 Å². The Kier molecular flexibility index (Phi) is 5.12. The summed E-state index contributed by atoms with van der Waals surface area (Å²) in [5, 5.41) is 0. The van der Waals surface area contributed by atoms with Crippen molar-refractivity contribution >= 4 is 11.5 Å². The predicted molar refractivity (Wildman–Crippen MR) is 62.7 cm³/mol. The van der Waals surface area contributed by atoms with Gasteiger partial charge in [0.05, 0.1) is 19.5 Å². The number of hydrogen-bond donors (Lipinski definition) is 0. The van der Waals surface area contributed by atoms with E-state index in [2.05, 4.69) is 0 Å². The summed E-state index contributed by atoms with van der Waals surface area (Å²) in [6.07, 6.45) is 1.45. The van der Waals surface area contributed by atoms with Gasteiger partial charge in [-0.1, -0.05) is 30.3 Å². The average molecular weight is 220 g/mol. The van der Waals surface area contributed by atoms with Gasteiger partial charge in [0.1, 0.15) is 5.57 Å². The van der Waals surface area contributed by atoms with E-state index in [0.717, 1.165) is 5.56 Å². The minimum absolute atomic E-state index is 0.356. The highest BCUT2D eigenvalue weighted by atomic mass is 16.5. The molecule has 0 bridgehead atoms. The van der Waals surface area contributed by atoms with Crippen LogP contribution in [-0.4, -0.2) is 19.2 Å². The van der Waals surface area contributed by atoms with Gasteiger partial charge < -0.3 is 9.47 Å². The molecule has 0 N–H and O–H groups in total. The van der Waals surface area contributed by atoms with Gasteiger partial charge in [-0.2, -0.15) is 0 Å². The zero-order valence-corrected chi connectivity index (χ0v) is 9.60. The summed E-state index contributed by atoms with van der Waals surface area (Å²) in [6, 6.07) is 9.33. The van der Waals surface area contributed by atoms with Crippen LogP contribution in [0, 0.1) is 0 Å². The highest BCUT2D eigenvalue weighted by Gasteiger charge is 2.13. The van der Waals surface area contributed by atoms with E-state index in [1.54, 1.807) is 6.92 Å². The van der Waals surface area contributed by atoms with Gasteiger partial charge in [0.15, 0.2) is 0 Å². The molecule has 0 amide bonds. The molecular formula is C13H16O3. The third-order valence-electron chi connectivity index (χ3n) is 1.95. The van der Waals surface area contributed by atoms with Crippen LogP contribution in [0.15, 0.2) is 36.6 Å². The minimum Gasteiger partial charge on any atom is -0.501 e. The van der Waals surface area contributed by atoms with E-state index in [0.29, 0.717) is 18.8 Å². The number of carbonyl (C=O) groups is 1. The van der Waals surface area contributed by atoms with Crippen LogP contribution in [0.4, 0.5) is 0 Å². The zero-order chi connectivity index (χ0) is 11.8. The fraction of sp³-hybridized carbons (Fsp3) is 0.308. The van der Waals surface area contributed by atoms with Crippen LogP contribution in [0.5, 0.6) is 0 Å². The molecule has 0 aromatic heterocycles. The molecule has 1 rings (SSSR count). The van der Waals surface area contributed by atoms with E-state index < -0.39 is 0 Å². The van der Waals surface area contributed by atoms with E-state index >= 15 is 0 Å².